The van der Waals surface area contributed by atoms with Crippen molar-refractivity contribution in [2.24, 2.45) is 5.73 Å². The van der Waals surface area contributed by atoms with Crippen molar-refractivity contribution in [3.8, 4) is 11.1 Å². The Balaban J connectivity index is 1.76. The van der Waals surface area contributed by atoms with Crippen molar-refractivity contribution in [2.45, 2.75) is 18.9 Å². The maximum absolute atomic E-state index is 11.8. The quantitative estimate of drug-likeness (QED) is 0.724. The Bertz CT molecular complexity index is 906. The number of nitrogens with zero attached hydrogens (tertiary/aromatic N) is 2. The van der Waals surface area contributed by atoms with Crippen LogP contribution in [0.3, 0.4) is 0 Å². The van der Waals surface area contributed by atoms with Crippen LogP contribution in [0.2, 0.25) is 0 Å². The molecule has 0 bridgehead atoms. The van der Waals surface area contributed by atoms with Crippen LogP contribution in [0.4, 0.5) is 5.69 Å². The molecule has 1 atom stereocenters. The molecule has 5 heteroatoms. The van der Waals surface area contributed by atoms with Crippen LogP contribution in [0.1, 0.15) is 12.0 Å². The summed E-state index contributed by atoms with van der Waals surface area (Å²) in [5.41, 5.74) is 11.7. The molecule has 23 heavy (non-hydrogen) atoms. The average Bonchev–Trinajstić information content (AvgIpc) is 2.73. The van der Waals surface area contributed by atoms with Gasteiger partial charge in [-0.25, -0.2) is 0 Å². The van der Waals surface area contributed by atoms with Crippen molar-refractivity contribution < 1.29 is 4.79 Å². The topological polar surface area (TPSA) is 80.9 Å². The lowest BCUT2D eigenvalue weighted by Crippen LogP contribution is -2.34. The molecule has 1 aliphatic rings. The van der Waals surface area contributed by atoms with E-state index < -0.39 is 6.04 Å². The van der Waals surface area contributed by atoms with E-state index in [1.165, 1.54) is 0 Å². The number of fused-ring (bicyclic) bond motifs is 2. The van der Waals surface area contributed by atoms with E-state index in [0.717, 1.165) is 39.8 Å². The molecule has 1 unspecified atom stereocenters. The van der Waals surface area contributed by atoms with Crippen molar-refractivity contribution in [1.29, 1.82) is 0 Å². The second-order valence-electron chi connectivity index (χ2n) is 5.77. The number of rotatable bonds is 1. The van der Waals surface area contributed by atoms with Crippen LogP contribution in [0.5, 0.6) is 0 Å². The molecule has 114 valence electrons. The van der Waals surface area contributed by atoms with Crippen LogP contribution in [0, 0.1) is 0 Å². The highest BCUT2D eigenvalue weighted by Crippen LogP contribution is 2.29. The standard InChI is InChI=1S/C18H16N4O/c19-14-4-1-13-9-11(2-5-15(13)22-18(14)23)12-3-6-16-17(10-12)21-8-7-20-16/h2-3,5-10,14H,1,4,19H2,(H,22,23). The third-order valence-electron chi connectivity index (χ3n) is 4.23. The van der Waals surface area contributed by atoms with Crippen molar-refractivity contribution in [1.82, 2.24) is 9.97 Å². The molecule has 0 aliphatic carbocycles. The minimum atomic E-state index is -0.443. The summed E-state index contributed by atoms with van der Waals surface area (Å²) in [5.74, 6) is -0.113. The van der Waals surface area contributed by atoms with Crippen LogP contribution in [0.15, 0.2) is 48.8 Å². The SMILES string of the molecule is NC1CCc2cc(-c3ccc4nccnc4c3)ccc2NC1=O. The number of carbonyl (C=O) groups excluding carboxylic acids is 1. The van der Waals surface area contributed by atoms with Gasteiger partial charge >= 0.3 is 0 Å². The summed E-state index contributed by atoms with van der Waals surface area (Å²) in [6.07, 6.45) is 4.83. The summed E-state index contributed by atoms with van der Waals surface area (Å²) in [5, 5.41) is 2.89. The zero-order valence-electron chi connectivity index (χ0n) is 12.5. The summed E-state index contributed by atoms with van der Waals surface area (Å²) in [7, 11) is 0. The first-order valence-electron chi connectivity index (χ1n) is 7.61. The lowest BCUT2D eigenvalue weighted by atomic mass is 9.99. The predicted octanol–water partition coefficient (Wildman–Crippen LogP) is 2.51. The molecule has 2 heterocycles. The summed E-state index contributed by atoms with van der Waals surface area (Å²) in [6, 6.07) is 11.7. The largest absolute Gasteiger partial charge is 0.324 e. The van der Waals surface area contributed by atoms with Crippen molar-refractivity contribution in [3.05, 3.63) is 54.4 Å². The van der Waals surface area contributed by atoms with Gasteiger partial charge in [0.15, 0.2) is 0 Å². The minimum absolute atomic E-state index is 0.113. The molecule has 2 aromatic carbocycles. The molecule has 0 spiro atoms. The molecule has 0 saturated carbocycles. The molecule has 4 rings (SSSR count). The molecule has 3 N–H and O–H groups in total. The van der Waals surface area contributed by atoms with E-state index >= 15 is 0 Å². The Morgan fingerprint density at radius 2 is 1.74 bits per heavy atom. The molecule has 0 saturated heterocycles. The van der Waals surface area contributed by atoms with Gasteiger partial charge in [-0.15, -0.1) is 0 Å². The molecule has 5 nitrogen and oxygen atoms in total. The highest BCUT2D eigenvalue weighted by molar-refractivity contribution is 5.96. The third-order valence-corrected chi connectivity index (χ3v) is 4.23. The minimum Gasteiger partial charge on any atom is -0.324 e. The number of hydrogen-bond donors (Lipinski definition) is 2. The Hall–Kier alpha value is -2.79. The fraction of sp³-hybridized carbons (Fsp3) is 0.167. The van der Waals surface area contributed by atoms with Gasteiger partial charge in [0.25, 0.3) is 0 Å². The first-order valence-corrected chi connectivity index (χ1v) is 7.61. The Labute approximate surface area is 133 Å². The molecule has 0 fully saturated rings. The predicted molar refractivity (Wildman–Crippen MR) is 89.9 cm³/mol. The number of nitrogens with two attached hydrogens (primary N) is 1. The second kappa shape index (κ2) is 5.44. The zero-order chi connectivity index (χ0) is 15.8. The molecule has 1 aliphatic heterocycles. The number of carbonyl (C=O) groups is 1. The van der Waals surface area contributed by atoms with E-state index in [1.807, 2.05) is 30.3 Å². The molecular formula is C18H16N4O. The van der Waals surface area contributed by atoms with Crippen molar-refractivity contribution >= 4 is 22.6 Å². The Morgan fingerprint density at radius 1 is 1.00 bits per heavy atom. The van der Waals surface area contributed by atoms with Gasteiger partial charge in [-0.05, 0) is 53.8 Å². The van der Waals surface area contributed by atoms with Gasteiger partial charge < -0.3 is 11.1 Å². The van der Waals surface area contributed by atoms with Crippen LogP contribution >= 0.6 is 0 Å². The number of anilines is 1. The van der Waals surface area contributed by atoms with E-state index in [2.05, 4.69) is 21.4 Å². The maximum atomic E-state index is 11.8. The van der Waals surface area contributed by atoms with Gasteiger partial charge in [0.05, 0.1) is 17.1 Å². The summed E-state index contributed by atoms with van der Waals surface area (Å²) in [4.78, 5) is 20.5. The Morgan fingerprint density at radius 3 is 2.61 bits per heavy atom. The van der Waals surface area contributed by atoms with Crippen LogP contribution < -0.4 is 11.1 Å². The number of nitrogens with one attached hydrogen (secondary N) is 1. The number of aryl methyl sites for hydroxylation is 1. The Kier molecular flexibility index (Phi) is 3.28. The van der Waals surface area contributed by atoms with Gasteiger partial charge in [-0.3, -0.25) is 14.8 Å². The number of hydrogen-bond acceptors (Lipinski definition) is 4. The summed E-state index contributed by atoms with van der Waals surface area (Å²) in [6.45, 7) is 0. The van der Waals surface area contributed by atoms with E-state index in [4.69, 9.17) is 5.73 Å². The first-order chi connectivity index (χ1) is 11.2. The van der Waals surface area contributed by atoms with Crippen molar-refractivity contribution in [3.63, 3.8) is 0 Å². The number of aromatic nitrogens is 2. The first kappa shape index (κ1) is 13.8. The van der Waals surface area contributed by atoms with Gasteiger partial charge in [-0.2, -0.15) is 0 Å². The average molecular weight is 304 g/mol. The van der Waals surface area contributed by atoms with Crippen LogP contribution in [-0.4, -0.2) is 21.9 Å². The molecule has 0 radical (unpaired) electrons. The third kappa shape index (κ3) is 2.55. The lowest BCUT2D eigenvalue weighted by Gasteiger charge is -2.10. The zero-order valence-corrected chi connectivity index (χ0v) is 12.5. The summed E-state index contributed by atoms with van der Waals surface area (Å²) < 4.78 is 0. The van der Waals surface area contributed by atoms with Crippen LogP contribution in [0.25, 0.3) is 22.2 Å². The number of amides is 1. The van der Waals surface area contributed by atoms with Gasteiger partial charge in [0, 0.05) is 18.1 Å². The molecule has 1 amide bonds. The fourth-order valence-corrected chi connectivity index (χ4v) is 2.91. The highest BCUT2D eigenvalue weighted by atomic mass is 16.2. The second-order valence-corrected chi connectivity index (χ2v) is 5.77. The molecular weight excluding hydrogens is 288 g/mol. The fourth-order valence-electron chi connectivity index (χ4n) is 2.91. The van der Waals surface area contributed by atoms with E-state index in [1.54, 1.807) is 12.4 Å². The number of benzene rings is 2. The van der Waals surface area contributed by atoms with Crippen molar-refractivity contribution in [2.75, 3.05) is 5.32 Å². The van der Waals surface area contributed by atoms with Gasteiger partial charge in [0.1, 0.15) is 0 Å². The highest BCUT2D eigenvalue weighted by Gasteiger charge is 2.20. The van der Waals surface area contributed by atoms with E-state index in [9.17, 15) is 4.79 Å². The smallest absolute Gasteiger partial charge is 0.241 e. The monoisotopic (exact) mass is 304 g/mol. The van der Waals surface area contributed by atoms with Crippen LogP contribution in [-0.2, 0) is 11.2 Å². The normalized spacial score (nSPS) is 17.4. The van der Waals surface area contributed by atoms with Gasteiger partial charge in [-0.1, -0.05) is 12.1 Å². The van der Waals surface area contributed by atoms with E-state index in [0.29, 0.717) is 6.42 Å². The molecule has 3 aromatic rings. The van der Waals surface area contributed by atoms with Gasteiger partial charge in [0.2, 0.25) is 5.91 Å². The maximum Gasteiger partial charge on any atom is 0.241 e. The van der Waals surface area contributed by atoms with E-state index in [-0.39, 0.29) is 5.91 Å². The molecule has 1 aromatic heterocycles. The lowest BCUT2D eigenvalue weighted by molar-refractivity contribution is -0.117. The summed E-state index contributed by atoms with van der Waals surface area (Å²) >= 11 is 0.